The van der Waals surface area contributed by atoms with Crippen LogP contribution < -0.4 is 10.0 Å². The lowest BCUT2D eigenvalue weighted by molar-refractivity contribution is -0.114. The summed E-state index contributed by atoms with van der Waals surface area (Å²) in [6, 6.07) is 7.84. The topological polar surface area (TPSA) is 88.2 Å². The van der Waals surface area contributed by atoms with Gasteiger partial charge in [-0.3, -0.25) is 14.5 Å². The van der Waals surface area contributed by atoms with E-state index in [1.165, 1.54) is 37.0 Å². The van der Waals surface area contributed by atoms with Crippen LogP contribution in [0.4, 0.5) is 11.4 Å². The smallest absolute Gasteiger partial charge is 0.262 e. The third-order valence-electron chi connectivity index (χ3n) is 2.71. The second kappa shape index (κ2) is 6.80. The normalized spacial score (nSPS) is 11.0. The zero-order valence-electron chi connectivity index (χ0n) is 12.0. The predicted octanol–water partition coefficient (Wildman–Crippen LogP) is 2.56. The van der Waals surface area contributed by atoms with Crippen LogP contribution in [0.5, 0.6) is 0 Å². The van der Waals surface area contributed by atoms with Gasteiger partial charge in [-0.2, -0.15) is 0 Å². The molecule has 22 heavy (non-hydrogen) atoms. The lowest BCUT2D eigenvalue weighted by Crippen LogP contribution is -2.14. The van der Waals surface area contributed by atoms with Crippen LogP contribution in [0.1, 0.15) is 6.92 Å². The summed E-state index contributed by atoms with van der Waals surface area (Å²) in [4.78, 5) is 16.0. The minimum absolute atomic E-state index is 0.0675. The Morgan fingerprint density at radius 3 is 2.64 bits per heavy atom. The van der Waals surface area contributed by atoms with E-state index >= 15 is 0 Å². The average molecular weight is 337 g/mol. The third kappa shape index (κ3) is 3.99. The van der Waals surface area contributed by atoms with E-state index < -0.39 is 10.0 Å². The first-order chi connectivity index (χ1) is 10.4. The summed E-state index contributed by atoms with van der Waals surface area (Å²) in [5.74, 6) is -0.259. The van der Waals surface area contributed by atoms with Crippen molar-refractivity contribution < 1.29 is 13.2 Å². The molecule has 2 aromatic rings. The second-order valence-electron chi connectivity index (χ2n) is 4.39. The minimum atomic E-state index is -3.75. The molecular formula is C14H15N3O3S2. The van der Waals surface area contributed by atoms with Crippen LogP contribution in [0.2, 0.25) is 0 Å². The van der Waals surface area contributed by atoms with Gasteiger partial charge in [0.1, 0.15) is 0 Å². The molecule has 8 heteroatoms. The molecule has 0 fully saturated rings. The van der Waals surface area contributed by atoms with E-state index in [1.807, 2.05) is 6.26 Å². The number of thioether (sulfide) groups is 1. The van der Waals surface area contributed by atoms with Crippen LogP contribution in [-0.4, -0.2) is 25.6 Å². The van der Waals surface area contributed by atoms with Crippen molar-refractivity contribution in [2.24, 2.45) is 0 Å². The molecule has 0 aliphatic heterocycles. The summed E-state index contributed by atoms with van der Waals surface area (Å²) >= 11 is 1.42. The van der Waals surface area contributed by atoms with Gasteiger partial charge in [0.25, 0.3) is 10.0 Å². The fraction of sp³-hybridized carbons (Fsp3) is 0.143. The van der Waals surface area contributed by atoms with Crippen molar-refractivity contribution in [2.45, 2.75) is 16.7 Å². The molecule has 1 heterocycles. The van der Waals surface area contributed by atoms with Crippen molar-refractivity contribution in [3.8, 4) is 0 Å². The maximum Gasteiger partial charge on any atom is 0.262 e. The Morgan fingerprint density at radius 2 is 2.05 bits per heavy atom. The summed E-state index contributed by atoms with van der Waals surface area (Å²) in [5.41, 5.74) is 0.839. The zero-order chi connectivity index (χ0) is 16.2. The molecule has 1 amide bonds. The lowest BCUT2D eigenvalue weighted by Gasteiger charge is -2.12. The molecule has 0 saturated carbocycles. The molecule has 6 nitrogen and oxygen atoms in total. The van der Waals surface area contributed by atoms with Crippen LogP contribution >= 0.6 is 11.8 Å². The maximum atomic E-state index is 12.4. The molecule has 0 spiro atoms. The number of benzene rings is 1. The zero-order valence-corrected chi connectivity index (χ0v) is 13.7. The Kier molecular flexibility index (Phi) is 5.04. The SMILES string of the molecule is CSc1ccc(S(=O)(=O)Nc2cccnc2)cc1NC(C)=O. The van der Waals surface area contributed by atoms with Crippen LogP contribution in [0.15, 0.2) is 52.5 Å². The Bertz CT molecular complexity index is 777. The number of pyridine rings is 1. The molecule has 1 aromatic carbocycles. The molecule has 0 saturated heterocycles. The molecule has 0 unspecified atom stereocenters. The number of sulfonamides is 1. The van der Waals surface area contributed by atoms with Gasteiger partial charge in [-0.15, -0.1) is 11.8 Å². The van der Waals surface area contributed by atoms with Crippen LogP contribution in [0.25, 0.3) is 0 Å². The molecular weight excluding hydrogens is 322 g/mol. The first-order valence-corrected chi connectivity index (χ1v) is 9.01. The number of nitrogens with zero attached hydrogens (tertiary/aromatic N) is 1. The van der Waals surface area contributed by atoms with Crippen molar-refractivity contribution in [1.29, 1.82) is 0 Å². The summed E-state index contributed by atoms with van der Waals surface area (Å²) in [7, 11) is -3.75. The predicted molar refractivity (Wildman–Crippen MR) is 87.6 cm³/mol. The third-order valence-corrected chi connectivity index (χ3v) is 4.88. The number of nitrogens with one attached hydrogen (secondary N) is 2. The number of amides is 1. The van der Waals surface area contributed by atoms with Crippen molar-refractivity contribution >= 4 is 39.1 Å². The molecule has 0 aliphatic rings. The number of aromatic nitrogens is 1. The van der Waals surface area contributed by atoms with Crippen LogP contribution in [0, 0.1) is 0 Å². The second-order valence-corrected chi connectivity index (χ2v) is 6.92. The van der Waals surface area contributed by atoms with Gasteiger partial charge in [-0.25, -0.2) is 8.42 Å². The van der Waals surface area contributed by atoms with Crippen molar-refractivity contribution in [1.82, 2.24) is 4.98 Å². The minimum Gasteiger partial charge on any atom is -0.325 e. The highest BCUT2D eigenvalue weighted by molar-refractivity contribution is 7.98. The number of anilines is 2. The van der Waals surface area contributed by atoms with Gasteiger partial charge in [-0.1, -0.05) is 0 Å². The Hall–Kier alpha value is -2.06. The van der Waals surface area contributed by atoms with E-state index in [-0.39, 0.29) is 10.8 Å². The molecule has 0 aliphatic carbocycles. The van der Waals surface area contributed by atoms with Gasteiger partial charge in [0, 0.05) is 18.0 Å². The summed E-state index contributed by atoms with van der Waals surface area (Å²) in [5, 5.41) is 2.64. The summed E-state index contributed by atoms with van der Waals surface area (Å²) < 4.78 is 27.2. The van der Waals surface area contributed by atoms with Crippen LogP contribution in [0.3, 0.4) is 0 Å². The first kappa shape index (κ1) is 16.3. The summed E-state index contributed by atoms with van der Waals surface area (Å²) in [6.07, 6.45) is 4.82. The maximum absolute atomic E-state index is 12.4. The molecule has 0 bridgehead atoms. The first-order valence-electron chi connectivity index (χ1n) is 6.31. The quantitative estimate of drug-likeness (QED) is 0.819. The fourth-order valence-corrected chi connectivity index (χ4v) is 3.38. The molecule has 2 rings (SSSR count). The summed E-state index contributed by atoms with van der Waals surface area (Å²) in [6.45, 7) is 1.37. The van der Waals surface area contributed by atoms with Gasteiger partial charge >= 0.3 is 0 Å². The van der Waals surface area contributed by atoms with Gasteiger partial charge in [0.15, 0.2) is 0 Å². The highest BCUT2D eigenvalue weighted by atomic mass is 32.2. The van der Waals surface area contributed by atoms with E-state index in [0.717, 1.165) is 4.90 Å². The Labute approximate surface area is 133 Å². The number of hydrogen-bond acceptors (Lipinski definition) is 5. The number of carbonyl (C=O) groups is 1. The number of hydrogen-bond donors (Lipinski definition) is 2. The number of carbonyl (C=O) groups excluding carboxylic acids is 1. The Balaban J connectivity index is 2.36. The van der Waals surface area contributed by atoms with Crippen molar-refractivity contribution in [3.05, 3.63) is 42.7 Å². The molecule has 2 N–H and O–H groups in total. The number of rotatable bonds is 5. The largest absolute Gasteiger partial charge is 0.325 e. The van der Waals surface area contributed by atoms with Crippen LogP contribution in [-0.2, 0) is 14.8 Å². The van der Waals surface area contributed by atoms with Crippen molar-refractivity contribution in [2.75, 3.05) is 16.3 Å². The highest BCUT2D eigenvalue weighted by Gasteiger charge is 2.16. The van der Waals surface area contributed by atoms with E-state index in [1.54, 1.807) is 24.4 Å². The van der Waals surface area contributed by atoms with Gasteiger partial charge in [0.2, 0.25) is 5.91 Å². The average Bonchev–Trinajstić information content (AvgIpc) is 2.47. The van der Waals surface area contributed by atoms with Crippen molar-refractivity contribution in [3.63, 3.8) is 0 Å². The standard InChI is InChI=1S/C14H15N3O3S2/c1-10(18)16-13-8-12(5-6-14(13)21-2)22(19,20)17-11-4-3-7-15-9-11/h3-9,17H,1-2H3,(H,16,18). The molecule has 0 radical (unpaired) electrons. The highest BCUT2D eigenvalue weighted by Crippen LogP contribution is 2.28. The van der Waals surface area contributed by atoms with Gasteiger partial charge in [-0.05, 0) is 36.6 Å². The van der Waals surface area contributed by atoms with E-state index in [2.05, 4.69) is 15.0 Å². The lowest BCUT2D eigenvalue weighted by atomic mass is 10.3. The van der Waals surface area contributed by atoms with E-state index in [4.69, 9.17) is 0 Å². The van der Waals surface area contributed by atoms with Gasteiger partial charge in [0.05, 0.1) is 22.5 Å². The monoisotopic (exact) mass is 337 g/mol. The van der Waals surface area contributed by atoms with E-state index in [9.17, 15) is 13.2 Å². The molecule has 0 atom stereocenters. The molecule has 1 aromatic heterocycles. The fourth-order valence-electron chi connectivity index (χ4n) is 1.78. The van der Waals surface area contributed by atoms with Gasteiger partial charge < -0.3 is 5.32 Å². The molecule has 116 valence electrons. The Morgan fingerprint density at radius 1 is 1.27 bits per heavy atom. The van der Waals surface area contributed by atoms with E-state index in [0.29, 0.717) is 11.4 Å².